The van der Waals surface area contributed by atoms with Crippen LogP contribution in [0.15, 0.2) is 22.6 Å². The van der Waals surface area contributed by atoms with E-state index in [0.29, 0.717) is 16.8 Å². The molecule has 0 aliphatic heterocycles. The lowest BCUT2D eigenvalue weighted by atomic mass is 10.1. The number of nitrogens with zero attached hydrogens (tertiary/aromatic N) is 2. The Morgan fingerprint density at radius 3 is 2.89 bits per heavy atom. The van der Waals surface area contributed by atoms with Crippen molar-refractivity contribution in [3.63, 3.8) is 0 Å². The van der Waals surface area contributed by atoms with Crippen molar-refractivity contribution in [3.8, 4) is 11.5 Å². The van der Waals surface area contributed by atoms with Crippen LogP contribution in [0.5, 0.6) is 0 Å². The third kappa shape index (κ3) is 2.87. The fourth-order valence-corrected chi connectivity index (χ4v) is 1.77. The van der Waals surface area contributed by atoms with E-state index in [0.717, 1.165) is 11.1 Å². The van der Waals surface area contributed by atoms with Gasteiger partial charge in [0.25, 0.3) is 0 Å². The maximum atomic E-state index is 10.4. The Bertz CT molecular complexity index is 580. The summed E-state index contributed by atoms with van der Waals surface area (Å²) in [6.45, 7) is 1.89. The summed E-state index contributed by atoms with van der Waals surface area (Å²) in [6.07, 6.45) is 0.205. The van der Waals surface area contributed by atoms with Crippen LogP contribution in [0.25, 0.3) is 11.5 Å². The SMILES string of the molecule is Cc1cc(Cl)ccc1-c1nnc(CCC(=O)O)o1. The molecule has 2 rings (SSSR count). The number of hydrogen-bond acceptors (Lipinski definition) is 4. The quantitative estimate of drug-likeness (QED) is 0.921. The van der Waals surface area contributed by atoms with Gasteiger partial charge in [0.15, 0.2) is 0 Å². The van der Waals surface area contributed by atoms with Gasteiger partial charge >= 0.3 is 5.97 Å². The number of aryl methyl sites for hydroxylation is 2. The number of carboxylic acid groups (broad SMARTS) is 1. The van der Waals surface area contributed by atoms with Gasteiger partial charge in [-0.3, -0.25) is 4.79 Å². The predicted molar refractivity (Wildman–Crippen MR) is 65.4 cm³/mol. The molecule has 1 heterocycles. The number of carbonyl (C=O) groups is 1. The van der Waals surface area contributed by atoms with Crippen molar-refractivity contribution >= 4 is 17.6 Å². The summed E-state index contributed by atoms with van der Waals surface area (Å²) < 4.78 is 5.41. The zero-order valence-corrected chi connectivity index (χ0v) is 10.4. The first kappa shape index (κ1) is 12.6. The van der Waals surface area contributed by atoms with E-state index in [1.54, 1.807) is 18.2 Å². The minimum atomic E-state index is -0.891. The molecule has 1 aromatic carbocycles. The molecule has 0 aliphatic carbocycles. The maximum Gasteiger partial charge on any atom is 0.303 e. The number of halogens is 1. The molecule has 18 heavy (non-hydrogen) atoms. The normalized spacial score (nSPS) is 10.6. The van der Waals surface area contributed by atoms with Gasteiger partial charge in [-0.1, -0.05) is 11.6 Å². The van der Waals surface area contributed by atoms with Crippen molar-refractivity contribution in [3.05, 3.63) is 34.7 Å². The number of benzene rings is 1. The zero-order valence-electron chi connectivity index (χ0n) is 9.68. The topological polar surface area (TPSA) is 76.2 Å². The molecule has 0 spiro atoms. The Morgan fingerprint density at radius 1 is 1.44 bits per heavy atom. The smallest absolute Gasteiger partial charge is 0.303 e. The van der Waals surface area contributed by atoms with Gasteiger partial charge in [0.05, 0.1) is 6.42 Å². The molecule has 94 valence electrons. The van der Waals surface area contributed by atoms with Crippen LogP contribution in [0.4, 0.5) is 0 Å². The van der Waals surface area contributed by atoms with Gasteiger partial charge in [-0.05, 0) is 30.7 Å². The largest absolute Gasteiger partial charge is 0.481 e. The Balaban J connectivity index is 2.21. The van der Waals surface area contributed by atoms with Crippen molar-refractivity contribution < 1.29 is 14.3 Å². The predicted octanol–water partition coefficient (Wildman–Crippen LogP) is 2.72. The number of carboxylic acids is 1. The van der Waals surface area contributed by atoms with Crippen molar-refractivity contribution in [2.75, 3.05) is 0 Å². The number of aliphatic carboxylic acids is 1. The second kappa shape index (κ2) is 5.18. The Kier molecular flexibility index (Phi) is 3.62. The molecule has 0 bridgehead atoms. The van der Waals surface area contributed by atoms with Crippen LogP contribution >= 0.6 is 11.6 Å². The second-order valence-electron chi connectivity index (χ2n) is 3.85. The summed E-state index contributed by atoms with van der Waals surface area (Å²) in [6, 6.07) is 5.34. The van der Waals surface area contributed by atoms with Crippen LogP contribution in [-0.4, -0.2) is 21.3 Å². The number of hydrogen-bond donors (Lipinski definition) is 1. The highest BCUT2D eigenvalue weighted by atomic mass is 35.5. The minimum Gasteiger partial charge on any atom is -0.481 e. The van der Waals surface area contributed by atoms with E-state index in [-0.39, 0.29) is 12.8 Å². The Morgan fingerprint density at radius 2 is 2.22 bits per heavy atom. The van der Waals surface area contributed by atoms with Gasteiger partial charge < -0.3 is 9.52 Å². The molecule has 0 unspecified atom stereocenters. The van der Waals surface area contributed by atoms with Crippen LogP contribution < -0.4 is 0 Å². The molecule has 6 heteroatoms. The minimum absolute atomic E-state index is 0.0266. The molecule has 1 N–H and O–H groups in total. The first-order valence-corrected chi connectivity index (χ1v) is 5.75. The monoisotopic (exact) mass is 266 g/mol. The molecule has 0 aliphatic rings. The van der Waals surface area contributed by atoms with Gasteiger partial charge in [0.2, 0.25) is 11.8 Å². The summed E-state index contributed by atoms with van der Waals surface area (Å²) in [4.78, 5) is 10.4. The summed E-state index contributed by atoms with van der Waals surface area (Å²) in [5.74, 6) is -0.191. The molecule has 0 radical (unpaired) electrons. The average Bonchev–Trinajstić information content (AvgIpc) is 2.75. The van der Waals surface area contributed by atoms with Gasteiger partial charge in [-0.15, -0.1) is 10.2 Å². The van der Waals surface area contributed by atoms with Crippen molar-refractivity contribution in [1.29, 1.82) is 0 Å². The van der Waals surface area contributed by atoms with E-state index < -0.39 is 5.97 Å². The van der Waals surface area contributed by atoms with Crippen LogP contribution in [0.2, 0.25) is 5.02 Å². The number of aromatic nitrogens is 2. The zero-order chi connectivity index (χ0) is 13.1. The molecule has 1 aromatic heterocycles. The lowest BCUT2D eigenvalue weighted by Crippen LogP contribution is -1.97. The highest BCUT2D eigenvalue weighted by Crippen LogP contribution is 2.25. The third-order valence-electron chi connectivity index (χ3n) is 2.44. The van der Waals surface area contributed by atoms with Crippen LogP contribution in [0.3, 0.4) is 0 Å². The highest BCUT2D eigenvalue weighted by molar-refractivity contribution is 6.30. The third-order valence-corrected chi connectivity index (χ3v) is 2.67. The fraction of sp³-hybridized carbons (Fsp3) is 0.250. The van der Waals surface area contributed by atoms with E-state index in [4.69, 9.17) is 21.1 Å². The van der Waals surface area contributed by atoms with Crippen molar-refractivity contribution in [2.24, 2.45) is 0 Å². The van der Waals surface area contributed by atoms with Gasteiger partial charge in [-0.2, -0.15) is 0 Å². The van der Waals surface area contributed by atoms with E-state index in [1.807, 2.05) is 6.92 Å². The van der Waals surface area contributed by atoms with Crippen LogP contribution in [0, 0.1) is 6.92 Å². The summed E-state index contributed by atoms with van der Waals surface area (Å²) in [5.41, 5.74) is 1.73. The molecule has 0 amide bonds. The Labute approximate surface area is 108 Å². The molecular formula is C12H11ClN2O3. The fourth-order valence-electron chi connectivity index (χ4n) is 1.54. The average molecular weight is 267 g/mol. The molecular weight excluding hydrogens is 256 g/mol. The Hall–Kier alpha value is -1.88. The summed E-state index contributed by atoms with van der Waals surface area (Å²) in [5, 5.41) is 16.9. The highest BCUT2D eigenvalue weighted by Gasteiger charge is 2.12. The van der Waals surface area contributed by atoms with Crippen LogP contribution in [0.1, 0.15) is 17.9 Å². The second-order valence-corrected chi connectivity index (χ2v) is 4.29. The summed E-state index contributed by atoms with van der Waals surface area (Å²) >= 11 is 5.86. The van der Waals surface area contributed by atoms with Crippen molar-refractivity contribution in [1.82, 2.24) is 10.2 Å². The van der Waals surface area contributed by atoms with E-state index in [9.17, 15) is 4.79 Å². The van der Waals surface area contributed by atoms with E-state index in [2.05, 4.69) is 10.2 Å². The molecule has 0 fully saturated rings. The van der Waals surface area contributed by atoms with Gasteiger partial charge in [0.1, 0.15) is 0 Å². The van der Waals surface area contributed by atoms with Crippen molar-refractivity contribution in [2.45, 2.75) is 19.8 Å². The molecule has 0 saturated heterocycles. The van der Waals surface area contributed by atoms with E-state index >= 15 is 0 Å². The van der Waals surface area contributed by atoms with Gasteiger partial charge in [-0.25, -0.2) is 0 Å². The summed E-state index contributed by atoms with van der Waals surface area (Å²) in [7, 11) is 0. The lowest BCUT2D eigenvalue weighted by Gasteiger charge is -2.00. The van der Waals surface area contributed by atoms with E-state index in [1.165, 1.54) is 0 Å². The van der Waals surface area contributed by atoms with Crippen LogP contribution in [-0.2, 0) is 11.2 Å². The number of rotatable bonds is 4. The molecule has 0 atom stereocenters. The van der Waals surface area contributed by atoms with Gasteiger partial charge in [0, 0.05) is 17.0 Å². The first-order chi connectivity index (χ1) is 8.56. The molecule has 5 nitrogen and oxygen atoms in total. The lowest BCUT2D eigenvalue weighted by molar-refractivity contribution is -0.137. The molecule has 0 saturated carbocycles. The maximum absolute atomic E-state index is 10.4. The first-order valence-electron chi connectivity index (χ1n) is 5.37. The standard InChI is InChI=1S/C12H11ClN2O3/c1-7-6-8(13)2-3-9(7)12-15-14-10(18-12)4-5-11(16)17/h2-3,6H,4-5H2,1H3,(H,16,17). The molecule has 2 aromatic rings.